The van der Waals surface area contributed by atoms with E-state index < -0.39 is 0 Å². The Morgan fingerprint density at radius 2 is 1.94 bits per heavy atom. The van der Waals surface area contributed by atoms with Gasteiger partial charge in [0.25, 0.3) is 5.56 Å². The van der Waals surface area contributed by atoms with Crippen LogP contribution in [0.1, 0.15) is 4.88 Å². The number of halogens is 2. The fourth-order valence-electron chi connectivity index (χ4n) is 3.03. The van der Waals surface area contributed by atoms with Crippen LogP contribution >= 0.6 is 46.3 Å². The highest BCUT2D eigenvalue weighted by molar-refractivity contribution is 7.99. The van der Waals surface area contributed by atoms with Crippen molar-refractivity contribution in [2.75, 3.05) is 11.1 Å². The zero-order chi connectivity index (χ0) is 21.8. The van der Waals surface area contributed by atoms with Gasteiger partial charge in [-0.1, -0.05) is 53.2 Å². The third-order valence-corrected chi connectivity index (χ3v) is 7.18. The monoisotopic (exact) mass is 489 g/mol. The van der Waals surface area contributed by atoms with Gasteiger partial charge < -0.3 is 5.32 Å². The summed E-state index contributed by atoms with van der Waals surface area (Å²) in [7, 11) is 0. The van der Waals surface area contributed by atoms with Gasteiger partial charge in [-0.15, -0.1) is 11.3 Å². The number of aryl methyl sites for hydroxylation is 1. The molecule has 0 aliphatic rings. The Morgan fingerprint density at radius 1 is 1.10 bits per heavy atom. The maximum Gasteiger partial charge on any atom is 0.262 e. The van der Waals surface area contributed by atoms with Crippen molar-refractivity contribution < 1.29 is 4.79 Å². The van der Waals surface area contributed by atoms with Crippen molar-refractivity contribution in [2.45, 2.75) is 18.1 Å². The number of carbonyl (C=O) groups is 1. The Kier molecular flexibility index (Phi) is 6.97. The highest BCUT2D eigenvalue weighted by atomic mass is 35.5. The second kappa shape index (κ2) is 9.87. The lowest BCUT2D eigenvalue weighted by molar-refractivity contribution is -0.113. The van der Waals surface area contributed by atoms with Crippen molar-refractivity contribution in [3.05, 3.63) is 85.3 Å². The van der Waals surface area contributed by atoms with Crippen LogP contribution in [0.25, 0.3) is 10.9 Å². The van der Waals surface area contributed by atoms with E-state index in [1.54, 1.807) is 46.2 Å². The number of nitrogens with one attached hydrogen (secondary N) is 1. The molecule has 0 saturated heterocycles. The van der Waals surface area contributed by atoms with Gasteiger partial charge in [0.2, 0.25) is 5.91 Å². The molecule has 5 nitrogen and oxygen atoms in total. The Labute approximate surface area is 197 Å². The van der Waals surface area contributed by atoms with Gasteiger partial charge in [0.05, 0.1) is 26.7 Å². The molecule has 2 aromatic carbocycles. The summed E-state index contributed by atoms with van der Waals surface area (Å²) in [6.07, 6.45) is 0.723. The van der Waals surface area contributed by atoms with E-state index in [0.717, 1.165) is 6.42 Å². The lowest BCUT2D eigenvalue weighted by atomic mass is 10.2. The van der Waals surface area contributed by atoms with Gasteiger partial charge in [-0.05, 0) is 48.2 Å². The molecular weight excluding hydrogens is 473 g/mol. The minimum atomic E-state index is -0.226. The minimum Gasteiger partial charge on any atom is -0.325 e. The van der Waals surface area contributed by atoms with Crippen molar-refractivity contribution in [2.24, 2.45) is 0 Å². The van der Waals surface area contributed by atoms with E-state index >= 15 is 0 Å². The smallest absolute Gasteiger partial charge is 0.262 e. The van der Waals surface area contributed by atoms with E-state index in [4.69, 9.17) is 23.2 Å². The summed E-state index contributed by atoms with van der Waals surface area (Å²) in [5.41, 5.74) is 1.07. The Balaban J connectivity index is 1.54. The maximum atomic E-state index is 13.1. The molecule has 0 radical (unpaired) electrons. The first-order valence-electron chi connectivity index (χ1n) is 9.41. The molecule has 2 heterocycles. The van der Waals surface area contributed by atoms with Crippen LogP contribution in [0.15, 0.2) is 69.9 Å². The standard InChI is InChI=1S/C22H17Cl2N3O2S2/c23-17-8-7-14(12-18(17)24)25-20(28)13-31-22-26-19-6-2-1-5-16(19)21(29)27(22)10-9-15-4-3-11-30-15/h1-8,11-12H,9-10,13H2,(H,25,28). The first-order valence-corrected chi connectivity index (χ1v) is 12.0. The highest BCUT2D eigenvalue weighted by Crippen LogP contribution is 2.25. The molecule has 0 aliphatic heterocycles. The van der Waals surface area contributed by atoms with Crippen LogP contribution in [0, 0.1) is 0 Å². The predicted molar refractivity (Wildman–Crippen MR) is 130 cm³/mol. The van der Waals surface area contributed by atoms with Crippen LogP contribution in [0.5, 0.6) is 0 Å². The highest BCUT2D eigenvalue weighted by Gasteiger charge is 2.14. The van der Waals surface area contributed by atoms with Gasteiger partial charge in [0.15, 0.2) is 5.16 Å². The van der Waals surface area contributed by atoms with Crippen molar-refractivity contribution >= 4 is 68.8 Å². The molecule has 1 amide bonds. The summed E-state index contributed by atoms with van der Waals surface area (Å²) in [5, 5.41) is 6.68. The number of hydrogen-bond donors (Lipinski definition) is 1. The third-order valence-electron chi connectivity index (χ3n) is 4.52. The molecule has 31 heavy (non-hydrogen) atoms. The number of nitrogens with zero attached hydrogens (tertiary/aromatic N) is 2. The summed E-state index contributed by atoms with van der Waals surface area (Å²) in [5.74, 6) is -0.125. The summed E-state index contributed by atoms with van der Waals surface area (Å²) < 4.78 is 1.65. The van der Waals surface area contributed by atoms with Crippen molar-refractivity contribution in [1.82, 2.24) is 9.55 Å². The number of fused-ring (bicyclic) bond motifs is 1. The lowest BCUT2D eigenvalue weighted by Gasteiger charge is -2.13. The number of para-hydroxylation sites is 1. The number of thioether (sulfide) groups is 1. The van der Waals surface area contributed by atoms with E-state index in [1.807, 2.05) is 29.6 Å². The average Bonchev–Trinajstić information content (AvgIpc) is 3.28. The molecule has 0 atom stereocenters. The fourth-order valence-corrected chi connectivity index (χ4v) is 4.85. The van der Waals surface area contributed by atoms with Crippen molar-refractivity contribution in [3.63, 3.8) is 0 Å². The minimum absolute atomic E-state index is 0.101. The van der Waals surface area contributed by atoms with Crippen LogP contribution < -0.4 is 10.9 Å². The Bertz CT molecular complexity index is 1290. The summed E-state index contributed by atoms with van der Waals surface area (Å²) in [4.78, 5) is 31.4. The number of aromatic nitrogens is 2. The number of hydrogen-bond acceptors (Lipinski definition) is 5. The number of anilines is 1. The first-order chi connectivity index (χ1) is 15.0. The molecular formula is C22H17Cl2N3O2S2. The molecule has 0 bridgehead atoms. The van der Waals surface area contributed by atoms with E-state index in [2.05, 4.69) is 10.3 Å². The number of benzene rings is 2. The summed E-state index contributed by atoms with van der Waals surface area (Å²) >= 11 is 14.8. The fraction of sp³-hybridized carbons (Fsp3) is 0.136. The molecule has 1 N–H and O–H groups in total. The zero-order valence-electron chi connectivity index (χ0n) is 16.2. The van der Waals surface area contributed by atoms with Gasteiger partial charge in [0.1, 0.15) is 0 Å². The average molecular weight is 490 g/mol. The maximum absolute atomic E-state index is 13.1. The van der Waals surface area contributed by atoms with E-state index in [1.165, 1.54) is 16.6 Å². The molecule has 0 fully saturated rings. The Morgan fingerprint density at radius 3 is 2.71 bits per heavy atom. The van der Waals surface area contributed by atoms with Crippen LogP contribution in [0.3, 0.4) is 0 Å². The molecule has 158 valence electrons. The number of rotatable bonds is 7. The molecule has 2 aromatic heterocycles. The van der Waals surface area contributed by atoms with Gasteiger partial charge in [-0.3, -0.25) is 14.2 Å². The molecule has 4 rings (SSSR count). The van der Waals surface area contributed by atoms with Crippen LogP contribution in [-0.2, 0) is 17.8 Å². The molecule has 0 saturated carbocycles. The van der Waals surface area contributed by atoms with E-state index in [-0.39, 0.29) is 17.2 Å². The quantitative estimate of drug-likeness (QED) is 0.265. The van der Waals surface area contributed by atoms with Gasteiger partial charge >= 0.3 is 0 Å². The predicted octanol–water partition coefficient (Wildman–Crippen LogP) is 5.74. The number of amides is 1. The van der Waals surface area contributed by atoms with E-state index in [0.29, 0.717) is 38.3 Å². The third kappa shape index (κ3) is 5.30. The molecule has 0 spiro atoms. The van der Waals surface area contributed by atoms with Crippen molar-refractivity contribution in [3.8, 4) is 0 Å². The summed E-state index contributed by atoms with van der Waals surface area (Å²) in [6, 6.07) is 16.2. The topological polar surface area (TPSA) is 64.0 Å². The second-order valence-corrected chi connectivity index (χ2v) is 9.45. The molecule has 4 aromatic rings. The van der Waals surface area contributed by atoms with Crippen LogP contribution in [0.2, 0.25) is 10.0 Å². The molecule has 0 aliphatic carbocycles. The van der Waals surface area contributed by atoms with Crippen molar-refractivity contribution in [1.29, 1.82) is 0 Å². The number of carbonyl (C=O) groups excluding carboxylic acids is 1. The zero-order valence-corrected chi connectivity index (χ0v) is 19.3. The number of thiophene rings is 1. The van der Waals surface area contributed by atoms with Gasteiger partial charge in [-0.25, -0.2) is 4.98 Å². The van der Waals surface area contributed by atoms with Crippen LogP contribution in [0.4, 0.5) is 5.69 Å². The second-order valence-electron chi connectivity index (χ2n) is 6.66. The normalized spacial score (nSPS) is 11.0. The van der Waals surface area contributed by atoms with Gasteiger partial charge in [0, 0.05) is 17.1 Å². The van der Waals surface area contributed by atoms with Crippen LogP contribution in [-0.4, -0.2) is 21.2 Å². The Hall–Kier alpha value is -2.32. The van der Waals surface area contributed by atoms with E-state index in [9.17, 15) is 9.59 Å². The first kappa shape index (κ1) is 21.9. The SMILES string of the molecule is O=C(CSc1nc2ccccc2c(=O)n1CCc1cccs1)Nc1ccc(Cl)c(Cl)c1. The molecule has 9 heteroatoms. The van der Waals surface area contributed by atoms with Gasteiger partial charge in [-0.2, -0.15) is 0 Å². The largest absolute Gasteiger partial charge is 0.325 e. The lowest BCUT2D eigenvalue weighted by Crippen LogP contribution is -2.25. The summed E-state index contributed by atoms with van der Waals surface area (Å²) in [6.45, 7) is 0.494. The molecule has 0 unspecified atom stereocenters.